The van der Waals surface area contributed by atoms with Crippen LogP contribution in [0.3, 0.4) is 0 Å². The van der Waals surface area contributed by atoms with Gasteiger partial charge in [-0.25, -0.2) is 9.35 Å². The van der Waals surface area contributed by atoms with E-state index < -0.39 is 0 Å². The first-order valence-electron chi connectivity index (χ1n) is 9.11. The average Bonchev–Trinajstić information content (AvgIpc) is 2.61. The van der Waals surface area contributed by atoms with Gasteiger partial charge in [-0.05, 0) is 39.7 Å². The summed E-state index contributed by atoms with van der Waals surface area (Å²) in [5.74, 6) is 1.64. The van der Waals surface area contributed by atoms with E-state index in [1.54, 1.807) is 0 Å². The molecule has 0 spiro atoms. The zero-order valence-corrected chi connectivity index (χ0v) is 17.8. The fourth-order valence-electron chi connectivity index (χ4n) is 2.99. The summed E-state index contributed by atoms with van der Waals surface area (Å²) in [4.78, 5) is 9.25. The molecule has 1 atom stereocenters. The second-order valence-corrected chi connectivity index (χ2v) is 8.52. The Morgan fingerprint density at radius 2 is 2.19 bits per heavy atom. The van der Waals surface area contributed by atoms with Crippen molar-refractivity contribution in [2.75, 3.05) is 42.1 Å². The Balaban J connectivity index is 2.55. The van der Waals surface area contributed by atoms with Crippen LogP contribution >= 0.6 is 0 Å². The zero-order valence-electron chi connectivity index (χ0n) is 17.0. The maximum absolute atomic E-state index is 5.60. The van der Waals surface area contributed by atoms with Gasteiger partial charge in [0.25, 0.3) is 0 Å². The van der Waals surface area contributed by atoms with E-state index in [0.717, 1.165) is 43.5 Å². The second-order valence-electron chi connectivity index (χ2n) is 6.80. The van der Waals surface area contributed by atoms with Gasteiger partial charge >= 0.3 is 0 Å². The van der Waals surface area contributed by atoms with Crippen LogP contribution in [0.5, 0.6) is 0 Å². The molecule has 6 heteroatoms. The molecule has 1 aromatic rings. The van der Waals surface area contributed by atoms with E-state index in [1.807, 2.05) is 6.20 Å². The molecular weight excluding hydrogens is 344 g/mol. The predicted octanol–water partition coefficient (Wildman–Crippen LogP) is 4.65. The minimum absolute atomic E-state index is 0.0701. The molecule has 0 aliphatic carbocycles. The van der Waals surface area contributed by atoms with Crippen LogP contribution in [0.25, 0.3) is 0 Å². The highest BCUT2D eigenvalue weighted by Crippen LogP contribution is 2.31. The second kappa shape index (κ2) is 9.33. The van der Waals surface area contributed by atoms with Crippen molar-refractivity contribution in [3.8, 4) is 0 Å². The van der Waals surface area contributed by atoms with Crippen LogP contribution in [0.15, 0.2) is 40.5 Å². The number of ether oxygens (including phenoxy) is 1. The summed E-state index contributed by atoms with van der Waals surface area (Å²) >= 11 is 0. The molecule has 1 saturated heterocycles. The summed E-state index contributed by atoms with van der Waals surface area (Å²) in [5.41, 5.74) is 3.63. The van der Waals surface area contributed by atoms with E-state index in [4.69, 9.17) is 14.1 Å². The Labute approximate surface area is 160 Å². The Hall–Kier alpha value is -1.66. The highest BCUT2D eigenvalue weighted by Gasteiger charge is 2.21. The van der Waals surface area contributed by atoms with E-state index in [0.29, 0.717) is 6.04 Å². The van der Waals surface area contributed by atoms with Gasteiger partial charge in [-0.1, -0.05) is 29.8 Å². The van der Waals surface area contributed by atoms with Crippen molar-refractivity contribution in [2.45, 2.75) is 40.2 Å². The number of hydrogen-bond donors (Lipinski definition) is 0. The largest absolute Gasteiger partial charge is 0.377 e. The molecule has 1 aliphatic rings. The van der Waals surface area contributed by atoms with Crippen molar-refractivity contribution in [1.29, 1.82) is 0 Å². The van der Waals surface area contributed by atoms with Crippen LogP contribution in [-0.4, -0.2) is 43.3 Å². The highest BCUT2D eigenvalue weighted by atomic mass is 32.2. The van der Waals surface area contributed by atoms with E-state index in [1.165, 1.54) is 11.3 Å². The molecule has 2 heterocycles. The lowest BCUT2D eigenvalue weighted by Crippen LogP contribution is -2.43. The normalized spacial score (nSPS) is 18.6. The monoisotopic (exact) mass is 376 g/mol. The average molecular weight is 377 g/mol. The molecule has 1 aliphatic heterocycles. The number of pyridine rings is 1. The smallest absolute Gasteiger partial charge is 0.163 e. The van der Waals surface area contributed by atoms with Crippen molar-refractivity contribution < 1.29 is 4.74 Å². The minimum atomic E-state index is -0.0701. The van der Waals surface area contributed by atoms with Gasteiger partial charge in [0.05, 0.1) is 13.2 Å². The van der Waals surface area contributed by atoms with Crippen LogP contribution in [0, 0.1) is 0 Å². The molecule has 1 fully saturated rings. The molecule has 0 amide bonds. The van der Waals surface area contributed by atoms with E-state index in [-0.39, 0.29) is 10.7 Å². The third kappa shape index (κ3) is 4.95. The molecule has 1 unspecified atom stereocenters. The van der Waals surface area contributed by atoms with Gasteiger partial charge in [0.2, 0.25) is 0 Å². The summed E-state index contributed by atoms with van der Waals surface area (Å²) in [7, 11) is -0.0701. The van der Waals surface area contributed by atoms with Gasteiger partial charge in [-0.2, -0.15) is 0 Å². The quantitative estimate of drug-likeness (QED) is 0.724. The standard InChI is InChI=1S/C20H32N4OS/c1-8-15(3)17(5)23(9-2)20-13-18(12-19(21-20)22-26(6)7)24-10-11-25-14-16(24)4/h9,12-13,16H,2,8,10-11,14H2,1,3-7H3. The Morgan fingerprint density at radius 1 is 1.46 bits per heavy atom. The lowest BCUT2D eigenvalue weighted by molar-refractivity contribution is 0.0989. The van der Waals surface area contributed by atoms with Crippen LogP contribution in [0.4, 0.5) is 17.3 Å². The maximum atomic E-state index is 5.60. The summed E-state index contributed by atoms with van der Waals surface area (Å²) in [5, 5.41) is 0. The van der Waals surface area contributed by atoms with Crippen molar-refractivity contribution in [3.63, 3.8) is 0 Å². The topological polar surface area (TPSA) is 41.0 Å². The number of morpholine rings is 1. The zero-order chi connectivity index (χ0) is 19.3. The van der Waals surface area contributed by atoms with Crippen LogP contribution in [0.2, 0.25) is 0 Å². The van der Waals surface area contributed by atoms with Crippen molar-refractivity contribution in [1.82, 2.24) is 4.98 Å². The van der Waals surface area contributed by atoms with Crippen molar-refractivity contribution in [3.05, 3.63) is 36.2 Å². The first-order valence-corrected chi connectivity index (χ1v) is 11.1. The Kier molecular flexibility index (Phi) is 7.41. The van der Waals surface area contributed by atoms with Crippen LogP contribution in [-0.2, 0) is 15.4 Å². The number of allylic oxidation sites excluding steroid dienone is 2. The molecule has 0 bridgehead atoms. The van der Waals surface area contributed by atoms with E-state index in [2.05, 4.69) is 68.7 Å². The Bertz CT molecular complexity index is 710. The molecule has 0 saturated carbocycles. The summed E-state index contributed by atoms with van der Waals surface area (Å²) < 4.78 is 10.3. The fourth-order valence-corrected chi connectivity index (χ4v) is 3.45. The van der Waals surface area contributed by atoms with Crippen LogP contribution < -0.4 is 9.80 Å². The molecule has 0 radical (unpaired) electrons. The SMILES string of the molecule is C=CN(C(C)=C(C)CC)c1cc(N2CCOCC2C)cc(N=S(C)C)n1. The molecule has 0 N–H and O–H groups in total. The summed E-state index contributed by atoms with van der Waals surface area (Å²) in [6, 6.07) is 4.56. The van der Waals surface area contributed by atoms with Gasteiger partial charge in [-0.15, -0.1) is 0 Å². The number of hydrogen-bond acceptors (Lipinski definition) is 5. The number of anilines is 2. The number of aromatic nitrogens is 1. The molecule has 144 valence electrons. The van der Waals surface area contributed by atoms with Gasteiger partial charge in [-0.3, -0.25) is 0 Å². The van der Waals surface area contributed by atoms with Crippen molar-refractivity contribution >= 4 is 28.0 Å². The first kappa shape index (κ1) is 20.6. The van der Waals surface area contributed by atoms with E-state index >= 15 is 0 Å². The van der Waals surface area contributed by atoms with Crippen LogP contribution in [0.1, 0.15) is 34.1 Å². The summed E-state index contributed by atoms with van der Waals surface area (Å²) in [6.07, 6.45) is 7.04. The van der Waals surface area contributed by atoms with Gasteiger partial charge < -0.3 is 14.5 Å². The fraction of sp³-hybridized carbons (Fsp3) is 0.550. The summed E-state index contributed by atoms with van der Waals surface area (Å²) in [6.45, 7) is 15.0. The van der Waals surface area contributed by atoms with Gasteiger partial charge in [0.15, 0.2) is 5.82 Å². The number of nitrogens with zero attached hydrogens (tertiary/aromatic N) is 4. The van der Waals surface area contributed by atoms with Gasteiger partial charge in [0, 0.05) is 42.3 Å². The third-order valence-corrected chi connectivity index (χ3v) is 5.25. The molecule has 26 heavy (non-hydrogen) atoms. The molecule has 0 aromatic carbocycles. The Morgan fingerprint density at radius 3 is 2.77 bits per heavy atom. The van der Waals surface area contributed by atoms with Gasteiger partial charge in [0.1, 0.15) is 5.82 Å². The third-order valence-electron chi connectivity index (χ3n) is 4.70. The molecule has 1 aromatic heterocycles. The first-order chi connectivity index (χ1) is 12.4. The predicted molar refractivity (Wildman–Crippen MR) is 115 cm³/mol. The number of rotatable bonds is 6. The molecule has 2 rings (SSSR count). The van der Waals surface area contributed by atoms with Crippen molar-refractivity contribution in [2.24, 2.45) is 4.36 Å². The lowest BCUT2D eigenvalue weighted by atomic mass is 10.1. The molecular formula is C20H32N4OS. The lowest BCUT2D eigenvalue weighted by Gasteiger charge is -2.36. The highest BCUT2D eigenvalue weighted by molar-refractivity contribution is 7.85. The van der Waals surface area contributed by atoms with E-state index in [9.17, 15) is 0 Å². The minimum Gasteiger partial charge on any atom is -0.377 e. The maximum Gasteiger partial charge on any atom is 0.163 e. The molecule has 5 nitrogen and oxygen atoms in total.